The Kier molecular flexibility index (Phi) is 5.42. The molecule has 0 saturated heterocycles. The number of fused-ring (bicyclic) bond motifs is 1. The third-order valence-electron chi connectivity index (χ3n) is 5.68. The molecule has 4 rings (SSSR count). The Balaban J connectivity index is 1.52. The van der Waals surface area contributed by atoms with E-state index in [2.05, 4.69) is 15.5 Å². The van der Waals surface area contributed by atoms with Crippen molar-refractivity contribution in [1.82, 2.24) is 19.2 Å². The molecule has 1 amide bonds. The molecule has 2 aromatic carbocycles. The highest BCUT2D eigenvalue weighted by atomic mass is 16.1. The van der Waals surface area contributed by atoms with Gasteiger partial charge in [-0.25, -0.2) is 0 Å². The number of aromatic nitrogens is 4. The smallest absolute Gasteiger partial charge is 0.300 e. The molecular weight excluding hydrogens is 390 g/mol. The molecule has 2 heterocycles. The lowest BCUT2D eigenvalue weighted by Crippen LogP contribution is -2.20. The summed E-state index contributed by atoms with van der Waals surface area (Å²) in [5.41, 5.74) is 6.14. The first-order chi connectivity index (χ1) is 14.8. The SMILES string of the molecule is Cc1ccc(NC(=O)CCc2nnc3c(=O)n(-c4ccc(C)c(C)c4)ccn23)cc1C. The van der Waals surface area contributed by atoms with E-state index >= 15 is 0 Å². The van der Waals surface area contributed by atoms with Crippen LogP contribution in [0.15, 0.2) is 53.6 Å². The summed E-state index contributed by atoms with van der Waals surface area (Å²) in [7, 11) is 0. The molecule has 0 fully saturated rings. The topological polar surface area (TPSA) is 81.3 Å². The van der Waals surface area contributed by atoms with E-state index < -0.39 is 0 Å². The zero-order valence-corrected chi connectivity index (χ0v) is 18.1. The van der Waals surface area contributed by atoms with E-state index in [1.54, 1.807) is 21.4 Å². The number of anilines is 1. The summed E-state index contributed by atoms with van der Waals surface area (Å²) in [4.78, 5) is 25.3. The van der Waals surface area contributed by atoms with Crippen LogP contribution in [0.4, 0.5) is 5.69 Å². The van der Waals surface area contributed by atoms with Crippen LogP contribution in [0.25, 0.3) is 11.3 Å². The van der Waals surface area contributed by atoms with Crippen LogP contribution in [-0.2, 0) is 11.2 Å². The van der Waals surface area contributed by atoms with Crippen LogP contribution in [0, 0.1) is 27.7 Å². The largest absolute Gasteiger partial charge is 0.326 e. The summed E-state index contributed by atoms with van der Waals surface area (Å²) in [5, 5.41) is 11.1. The molecule has 0 radical (unpaired) electrons. The average Bonchev–Trinajstić information content (AvgIpc) is 3.16. The van der Waals surface area contributed by atoms with Crippen molar-refractivity contribution in [3.05, 3.63) is 87.2 Å². The summed E-state index contributed by atoms with van der Waals surface area (Å²) >= 11 is 0. The molecule has 7 nitrogen and oxygen atoms in total. The first kappa shape index (κ1) is 20.5. The lowest BCUT2D eigenvalue weighted by atomic mass is 10.1. The highest BCUT2D eigenvalue weighted by molar-refractivity contribution is 5.90. The van der Waals surface area contributed by atoms with Crippen LogP contribution in [-0.4, -0.2) is 25.1 Å². The molecule has 0 unspecified atom stereocenters. The van der Waals surface area contributed by atoms with Crippen molar-refractivity contribution in [2.24, 2.45) is 0 Å². The Morgan fingerprint density at radius 2 is 1.61 bits per heavy atom. The van der Waals surface area contributed by atoms with Crippen LogP contribution >= 0.6 is 0 Å². The van der Waals surface area contributed by atoms with Gasteiger partial charge in [0, 0.05) is 36.6 Å². The molecule has 7 heteroatoms. The highest BCUT2D eigenvalue weighted by Gasteiger charge is 2.13. The molecule has 4 aromatic rings. The fraction of sp³-hybridized carbons (Fsp3) is 0.250. The van der Waals surface area contributed by atoms with Gasteiger partial charge in [-0.15, -0.1) is 10.2 Å². The van der Waals surface area contributed by atoms with Crippen molar-refractivity contribution >= 4 is 17.2 Å². The van der Waals surface area contributed by atoms with Gasteiger partial charge < -0.3 is 5.32 Å². The van der Waals surface area contributed by atoms with Gasteiger partial charge in [-0.3, -0.25) is 18.6 Å². The minimum atomic E-state index is -0.246. The molecule has 0 spiro atoms. The Hall–Kier alpha value is -3.74. The predicted molar refractivity (Wildman–Crippen MR) is 121 cm³/mol. The monoisotopic (exact) mass is 415 g/mol. The fourth-order valence-electron chi connectivity index (χ4n) is 3.45. The number of hydrogen-bond donors (Lipinski definition) is 1. The van der Waals surface area contributed by atoms with E-state index in [0.29, 0.717) is 12.2 Å². The number of aryl methyl sites for hydroxylation is 5. The molecule has 2 aromatic heterocycles. The Morgan fingerprint density at radius 3 is 2.32 bits per heavy atom. The summed E-state index contributed by atoms with van der Waals surface area (Å²) in [5.74, 6) is 0.470. The second-order valence-corrected chi connectivity index (χ2v) is 7.90. The molecule has 0 aliphatic heterocycles. The Labute approximate surface area is 180 Å². The normalized spacial score (nSPS) is 11.1. The summed E-state index contributed by atoms with van der Waals surface area (Å²) in [6.45, 7) is 8.09. The maximum Gasteiger partial charge on any atom is 0.300 e. The van der Waals surface area contributed by atoms with Crippen molar-refractivity contribution in [3.63, 3.8) is 0 Å². The zero-order valence-electron chi connectivity index (χ0n) is 18.1. The van der Waals surface area contributed by atoms with Crippen LogP contribution in [0.3, 0.4) is 0 Å². The third-order valence-corrected chi connectivity index (χ3v) is 5.68. The van der Waals surface area contributed by atoms with E-state index in [0.717, 1.165) is 22.5 Å². The van der Waals surface area contributed by atoms with Gasteiger partial charge in [0.25, 0.3) is 0 Å². The lowest BCUT2D eigenvalue weighted by Gasteiger charge is -2.09. The predicted octanol–water partition coefficient (Wildman–Crippen LogP) is 3.69. The van der Waals surface area contributed by atoms with Gasteiger partial charge in [0.1, 0.15) is 5.82 Å². The minimum absolute atomic E-state index is 0.108. The van der Waals surface area contributed by atoms with Crippen molar-refractivity contribution in [1.29, 1.82) is 0 Å². The van der Waals surface area contributed by atoms with Crippen molar-refractivity contribution in [3.8, 4) is 5.69 Å². The van der Waals surface area contributed by atoms with Crippen molar-refractivity contribution in [2.75, 3.05) is 5.32 Å². The summed E-state index contributed by atoms with van der Waals surface area (Å²) in [6.07, 6.45) is 4.10. The lowest BCUT2D eigenvalue weighted by molar-refractivity contribution is -0.116. The number of carbonyl (C=O) groups is 1. The number of benzene rings is 2. The van der Waals surface area contributed by atoms with Gasteiger partial charge in [0.2, 0.25) is 11.6 Å². The standard InChI is InChI=1S/C24H25N5O2/c1-15-5-7-19(13-17(15)3)25-22(30)10-9-21-26-27-23-24(31)28(11-12-29(21)23)20-8-6-16(2)18(4)14-20/h5-8,11-14H,9-10H2,1-4H3,(H,25,30). The van der Waals surface area contributed by atoms with Crippen molar-refractivity contribution < 1.29 is 4.79 Å². The van der Waals surface area contributed by atoms with E-state index in [1.807, 2.05) is 64.1 Å². The van der Waals surface area contributed by atoms with E-state index in [1.165, 1.54) is 11.1 Å². The third kappa shape index (κ3) is 4.12. The van der Waals surface area contributed by atoms with Crippen molar-refractivity contribution in [2.45, 2.75) is 40.5 Å². The van der Waals surface area contributed by atoms with Crippen LogP contribution in [0.2, 0.25) is 0 Å². The number of hydrogen-bond acceptors (Lipinski definition) is 4. The zero-order chi connectivity index (χ0) is 22.1. The first-order valence-corrected chi connectivity index (χ1v) is 10.2. The molecule has 0 aliphatic rings. The number of nitrogens with one attached hydrogen (secondary N) is 1. The Morgan fingerprint density at radius 1 is 0.903 bits per heavy atom. The van der Waals surface area contributed by atoms with Gasteiger partial charge in [-0.05, 0) is 74.2 Å². The summed E-state index contributed by atoms with van der Waals surface area (Å²) in [6, 6.07) is 11.7. The summed E-state index contributed by atoms with van der Waals surface area (Å²) < 4.78 is 3.22. The molecular formula is C24H25N5O2. The molecule has 0 atom stereocenters. The van der Waals surface area contributed by atoms with Gasteiger partial charge in [0.15, 0.2) is 0 Å². The number of rotatable bonds is 5. The van der Waals surface area contributed by atoms with E-state index in [9.17, 15) is 9.59 Å². The maximum atomic E-state index is 12.9. The molecule has 0 aliphatic carbocycles. The second kappa shape index (κ2) is 8.18. The van der Waals surface area contributed by atoms with E-state index in [-0.39, 0.29) is 23.5 Å². The number of nitrogens with zero attached hydrogens (tertiary/aromatic N) is 4. The van der Waals surface area contributed by atoms with Gasteiger partial charge >= 0.3 is 5.56 Å². The van der Waals surface area contributed by atoms with Crippen LogP contribution < -0.4 is 10.9 Å². The quantitative estimate of drug-likeness (QED) is 0.539. The minimum Gasteiger partial charge on any atom is -0.326 e. The molecule has 31 heavy (non-hydrogen) atoms. The van der Waals surface area contributed by atoms with Gasteiger partial charge in [-0.1, -0.05) is 12.1 Å². The molecule has 1 N–H and O–H groups in total. The Bertz CT molecular complexity index is 1350. The fourth-order valence-corrected chi connectivity index (χ4v) is 3.45. The highest BCUT2D eigenvalue weighted by Crippen LogP contribution is 2.15. The van der Waals surface area contributed by atoms with Gasteiger partial charge in [-0.2, -0.15) is 0 Å². The molecule has 158 valence electrons. The van der Waals surface area contributed by atoms with E-state index in [4.69, 9.17) is 0 Å². The number of amides is 1. The average molecular weight is 415 g/mol. The maximum absolute atomic E-state index is 12.9. The number of carbonyl (C=O) groups excluding carboxylic acids is 1. The first-order valence-electron chi connectivity index (χ1n) is 10.2. The van der Waals surface area contributed by atoms with Crippen LogP contribution in [0.1, 0.15) is 34.5 Å². The van der Waals surface area contributed by atoms with Gasteiger partial charge in [0.05, 0.1) is 0 Å². The molecule has 0 saturated carbocycles. The second-order valence-electron chi connectivity index (χ2n) is 7.90. The molecule has 0 bridgehead atoms. The van der Waals surface area contributed by atoms with Crippen LogP contribution in [0.5, 0.6) is 0 Å².